The van der Waals surface area contributed by atoms with Crippen LogP contribution in [0, 0.1) is 5.92 Å². The lowest BCUT2D eigenvalue weighted by atomic mass is 9.97. The SMILES string of the molecule is CC[Si](CC)(CC)OC(C)[C@H]1CNC1=O. The normalized spacial score (nSPS) is 23.2. The number of rotatable bonds is 6. The van der Waals surface area contributed by atoms with Gasteiger partial charge >= 0.3 is 0 Å². The number of β-lactam (4-membered cyclic amide) rings is 1. The molecule has 1 fully saturated rings. The summed E-state index contributed by atoms with van der Waals surface area (Å²) in [6, 6.07) is 3.45. The van der Waals surface area contributed by atoms with E-state index in [1.165, 1.54) is 0 Å². The maximum atomic E-state index is 11.2. The molecule has 15 heavy (non-hydrogen) atoms. The van der Waals surface area contributed by atoms with Gasteiger partial charge in [-0.25, -0.2) is 0 Å². The van der Waals surface area contributed by atoms with E-state index in [-0.39, 0.29) is 17.9 Å². The van der Waals surface area contributed by atoms with E-state index in [9.17, 15) is 4.79 Å². The van der Waals surface area contributed by atoms with Crippen molar-refractivity contribution in [2.45, 2.75) is 51.9 Å². The first-order valence-corrected chi connectivity index (χ1v) is 8.57. The van der Waals surface area contributed by atoms with Crippen LogP contribution in [-0.2, 0) is 9.22 Å². The monoisotopic (exact) mass is 229 g/mol. The molecule has 0 aliphatic carbocycles. The lowest BCUT2D eigenvalue weighted by molar-refractivity contribution is -0.135. The summed E-state index contributed by atoms with van der Waals surface area (Å²) in [6.45, 7) is 9.49. The minimum absolute atomic E-state index is 0.0986. The molecule has 2 atom stereocenters. The Morgan fingerprint density at radius 3 is 2.20 bits per heavy atom. The molecular weight excluding hydrogens is 206 g/mol. The van der Waals surface area contributed by atoms with Crippen molar-refractivity contribution in [3.8, 4) is 0 Å². The van der Waals surface area contributed by atoms with Gasteiger partial charge in [-0.2, -0.15) is 0 Å². The molecule has 3 nitrogen and oxygen atoms in total. The van der Waals surface area contributed by atoms with Crippen LogP contribution >= 0.6 is 0 Å². The second-order valence-corrected chi connectivity index (χ2v) is 9.14. The first-order valence-electron chi connectivity index (χ1n) is 6.04. The molecule has 1 unspecified atom stereocenters. The van der Waals surface area contributed by atoms with Crippen molar-refractivity contribution in [2.24, 2.45) is 5.92 Å². The van der Waals surface area contributed by atoms with Gasteiger partial charge in [0.15, 0.2) is 8.32 Å². The van der Waals surface area contributed by atoms with E-state index in [1.807, 2.05) is 6.92 Å². The van der Waals surface area contributed by atoms with Gasteiger partial charge in [0.2, 0.25) is 5.91 Å². The molecule has 0 aromatic rings. The van der Waals surface area contributed by atoms with Crippen LogP contribution in [0.15, 0.2) is 0 Å². The molecule has 1 heterocycles. The van der Waals surface area contributed by atoms with Crippen LogP contribution in [0.5, 0.6) is 0 Å². The zero-order valence-electron chi connectivity index (χ0n) is 10.3. The third-order valence-corrected chi connectivity index (χ3v) is 8.51. The molecule has 0 radical (unpaired) electrons. The van der Waals surface area contributed by atoms with Crippen LogP contribution in [0.25, 0.3) is 0 Å². The maximum Gasteiger partial charge on any atom is 0.227 e. The highest BCUT2D eigenvalue weighted by Gasteiger charge is 2.38. The van der Waals surface area contributed by atoms with Crippen LogP contribution < -0.4 is 5.32 Å². The summed E-state index contributed by atoms with van der Waals surface area (Å²) in [5, 5.41) is 2.78. The van der Waals surface area contributed by atoms with Crippen LogP contribution in [0.3, 0.4) is 0 Å². The Labute approximate surface area is 93.7 Å². The maximum absolute atomic E-state index is 11.2. The van der Waals surface area contributed by atoms with Crippen molar-refractivity contribution in [2.75, 3.05) is 6.54 Å². The predicted molar refractivity (Wildman–Crippen MR) is 64.2 cm³/mol. The molecule has 1 rings (SSSR count). The molecule has 0 aromatic carbocycles. The quantitative estimate of drug-likeness (QED) is 0.560. The standard InChI is InChI=1S/C11H23NO2Si/c1-5-15(6-2,7-3)14-9(4)10-8-12-11(10)13/h9-10H,5-8H2,1-4H3,(H,12,13)/t9?,10-/m1/s1. The van der Waals surface area contributed by atoms with Crippen molar-refractivity contribution in [1.82, 2.24) is 5.32 Å². The number of hydrogen-bond donors (Lipinski definition) is 1. The van der Waals surface area contributed by atoms with Crippen molar-refractivity contribution in [3.05, 3.63) is 0 Å². The van der Waals surface area contributed by atoms with Gasteiger partial charge in [-0.3, -0.25) is 4.79 Å². The fraction of sp³-hybridized carbons (Fsp3) is 0.909. The third kappa shape index (κ3) is 2.61. The average Bonchev–Trinajstić information content (AvgIpc) is 2.24. The Morgan fingerprint density at radius 1 is 1.40 bits per heavy atom. The number of carbonyl (C=O) groups is 1. The first-order chi connectivity index (χ1) is 7.08. The molecule has 0 bridgehead atoms. The zero-order valence-corrected chi connectivity index (χ0v) is 11.3. The molecule has 1 N–H and O–H groups in total. The Hall–Kier alpha value is -0.353. The van der Waals surface area contributed by atoms with Gasteiger partial charge in [0.1, 0.15) is 0 Å². The van der Waals surface area contributed by atoms with Gasteiger partial charge in [-0.15, -0.1) is 0 Å². The van der Waals surface area contributed by atoms with E-state index in [2.05, 4.69) is 26.1 Å². The molecule has 1 amide bonds. The van der Waals surface area contributed by atoms with Crippen LogP contribution in [0.1, 0.15) is 27.7 Å². The van der Waals surface area contributed by atoms with E-state index >= 15 is 0 Å². The van der Waals surface area contributed by atoms with Crippen molar-refractivity contribution in [3.63, 3.8) is 0 Å². The van der Waals surface area contributed by atoms with E-state index in [1.54, 1.807) is 0 Å². The highest BCUT2D eigenvalue weighted by molar-refractivity contribution is 6.73. The Morgan fingerprint density at radius 2 is 1.93 bits per heavy atom. The molecule has 1 aliphatic heterocycles. The van der Waals surface area contributed by atoms with Gasteiger partial charge in [0.05, 0.1) is 12.0 Å². The summed E-state index contributed by atoms with van der Waals surface area (Å²) < 4.78 is 6.24. The Balaban J connectivity index is 2.53. The van der Waals surface area contributed by atoms with Gasteiger partial charge in [-0.05, 0) is 25.1 Å². The van der Waals surface area contributed by atoms with Gasteiger partial charge in [0, 0.05) is 6.54 Å². The molecule has 0 aromatic heterocycles. The van der Waals surface area contributed by atoms with Gasteiger partial charge < -0.3 is 9.74 Å². The van der Waals surface area contributed by atoms with Gasteiger partial charge in [-0.1, -0.05) is 20.8 Å². The Bertz CT molecular complexity index is 220. The third-order valence-electron chi connectivity index (χ3n) is 3.77. The summed E-state index contributed by atoms with van der Waals surface area (Å²) in [6.07, 6.45) is 0.102. The lowest BCUT2D eigenvalue weighted by Crippen LogP contribution is -2.56. The summed E-state index contributed by atoms with van der Waals surface area (Å²) in [5.74, 6) is 0.259. The molecule has 0 spiro atoms. The number of nitrogens with one attached hydrogen (secondary N) is 1. The summed E-state index contributed by atoms with van der Waals surface area (Å²) in [4.78, 5) is 11.2. The molecular formula is C11H23NO2Si. The average molecular weight is 229 g/mol. The minimum Gasteiger partial charge on any atom is -0.413 e. The topological polar surface area (TPSA) is 38.3 Å². The van der Waals surface area contributed by atoms with Crippen molar-refractivity contribution >= 4 is 14.2 Å². The van der Waals surface area contributed by atoms with Crippen LogP contribution in [-0.4, -0.2) is 26.9 Å². The molecule has 4 heteroatoms. The largest absolute Gasteiger partial charge is 0.413 e. The highest BCUT2D eigenvalue weighted by atomic mass is 28.4. The first kappa shape index (κ1) is 12.7. The van der Waals surface area contributed by atoms with E-state index in [0.717, 1.165) is 24.7 Å². The summed E-state index contributed by atoms with van der Waals surface area (Å²) in [5.41, 5.74) is 0. The minimum atomic E-state index is -1.54. The molecule has 88 valence electrons. The predicted octanol–water partition coefficient (Wildman–Crippen LogP) is 2.14. The Kier molecular flexibility index (Phi) is 4.34. The second kappa shape index (κ2) is 5.12. The summed E-state index contributed by atoms with van der Waals surface area (Å²) >= 11 is 0. The molecule has 0 saturated carbocycles. The van der Waals surface area contributed by atoms with Crippen molar-refractivity contribution < 1.29 is 9.22 Å². The second-order valence-electron chi connectivity index (χ2n) is 4.42. The molecule has 1 aliphatic rings. The fourth-order valence-electron chi connectivity index (χ4n) is 2.16. The summed E-state index contributed by atoms with van der Waals surface area (Å²) in [7, 11) is -1.54. The number of carbonyl (C=O) groups excluding carboxylic acids is 1. The van der Waals surface area contributed by atoms with Crippen LogP contribution in [0.4, 0.5) is 0 Å². The van der Waals surface area contributed by atoms with Crippen molar-refractivity contribution in [1.29, 1.82) is 0 Å². The molecule has 1 saturated heterocycles. The fourth-order valence-corrected chi connectivity index (χ4v) is 5.11. The van der Waals surface area contributed by atoms with Gasteiger partial charge in [0.25, 0.3) is 0 Å². The van der Waals surface area contributed by atoms with E-state index in [4.69, 9.17) is 4.43 Å². The number of amides is 1. The van der Waals surface area contributed by atoms with E-state index < -0.39 is 8.32 Å². The highest BCUT2D eigenvalue weighted by Crippen LogP contribution is 2.26. The smallest absolute Gasteiger partial charge is 0.227 e. The number of hydrogen-bond acceptors (Lipinski definition) is 2. The van der Waals surface area contributed by atoms with Crippen LogP contribution in [0.2, 0.25) is 18.1 Å². The lowest BCUT2D eigenvalue weighted by Gasteiger charge is -2.38. The van der Waals surface area contributed by atoms with E-state index in [0.29, 0.717) is 0 Å². The zero-order chi connectivity index (χ0) is 11.5.